The Balaban J connectivity index is 1.64. The molecule has 1 aromatic carbocycles. The van der Waals surface area contributed by atoms with E-state index in [4.69, 9.17) is 0 Å². The Kier molecular flexibility index (Phi) is 2.98. The molecule has 5 rings (SSSR count). The van der Waals surface area contributed by atoms with Gasteiger partial charge in [0.2, 0.25) is 0 Å². The summed E-state index contributed by atoms with van der Waals surface area (Å²) in [5.41, 5.74) is 1.67. The average Bonchev–Trinajstić information content (AvgIpc) is 3.21. The van der Waals surface area contributed by atoms with E-state index in [2.05, 4.69) is 4.98 Å². The molecule has 1 aromatic heterocycles. The van der Waals surface area contributed by atoms with Crippen LogP contribution in [0.25, 0.3) is 10.9 Å². The molecule has 3 amide bonds. The number of fused-ring (bicyclic) bond motifs is 5. The average molecular weight is 373 g/mol. The lowest BCUT2D eigenvalue weighted by atomic mass is 9.87. The molecule has 0 saturated carbocycles. The summed E-state index contributed by atoms with van der Waals surface area (Å²) >= 11 is 0. The zero-order valence-electron chi connectivity index (χ0n) is 14.4. The molecule has 0 spiro atoms. The Morgan fingerprint density at radius 2 is 2.00 bits per heavy atom. The maximum absolute atomic E-state index is 13.4. The molecule has 0 bridgehead atoms. The molecule has 2 atom stereocenters. The number of H-pyrrole nitrogens is 1. The van der Waals surface area contributed by atoms with E-state index in [1.807, 2.05) is 24.3 Å². The van der Waals surface area contributed by atoms with Crippen LogP contribution in [0.2, 0.25) is 0 Å². The molecule has 2 aromatic rings. The van der Waals surface area contributed by atoms with Gasteiger partial charge in [0.25, 0.3) is 5.91 Å². The monoisotopic (exact) mass is 373 g/mol. The minimum Gasteiger partial charge on any atom is -0.356 e. The fraction of sp³-hybridized carbons (Fsp3) is 0.444. The molecule has 2 fully saturated rings. The van der Waals surface area contributed by atoms with Crippen molar-refractivity contribution in [3.63, 3.8) is 0 Å². The predicted octanol–water partition coefficient (Wildman–Crippen LogP) is 1.39. The summed E-state index contributed by atoms with van der Waals surface area (Å²) < 4.78 is 23.7. The highest BCUT2D eigenvalue weighted by molar-refractivity contribution is 7.91. The Bertz CT molecular complexity index is 1070. The van der Waals surface area contributed by atoms with Gasteiger partial charge < -0.3 is 9.88 Å². The van der Waals surface area contributed by atoms with Crippen LogP contribution < -0.4 is 0 Å². The van der Waals surface area contributed by atoms with E-state index < -0.39 is 21.4 Å². The minimum absolute atomic E-state index is 0.0308. The molecule has 3 aliphatic rings. The van der Waals surface area contributed by atoms with Gasteiger partial charge in [0.1, 0.15) is 0 Å². The number of aromatic nitrogens is 1. The Labute approximate surface area is 150 Å². The van der Waals surface area contributed by atoms with Gasteiger partial charge in [0.15, 0.2) is 15.4 Å². The Morgan fingerprint density at radius 3 is 2.73 bits per heavy atom. The summed E-state index contributed by atoms with van der Waals surface area (Å²) in [4.78, 5) is 32.5. The smallest absolute Gasteiger partial charge is 0.328 e. The van der Waals surface area contributed by atoms with Gasteiger partial charge in [0.05, 0.1) is 23.2 Å². The van der Waals surface area contributed by atoms with Crippen molar-refractivity contribution in [3.05, 3.63) is 35.5 Å². The van der Waals surface area contributed by atoms with Gasteiger partial charge in [-0.2, -0.15) is 0 Å². The van der Waals surface area contributed by atoms with Gasteiger partial charge in [-0.15, -0.1) is 0 Å². The van der Waals surface area contributed by atoms with Crippen LogP contribution in [-0.2, 0) is 26.6 Å². The van der Waals surface area contributed by atoms with Gasteiger partial charge in [-0.05, 0) is 31.4 Å². The van der Waals surface area contributed by atoms with Gasteiger partial charge >= 0.3 is 6.03 Å². The number of aromatic amines is 1. The highest BCUT2D eigenvalue weighted by Gasteiger charge is 2.60. The van der Waals surface area contributed by atoms with Crippen LogP contribution in [0.1, 0.15) is 24.6 Å². The highest BCUT2D eigenvalue weighted by Crippen LogP contribution is 2.45. The van der Waals surface area contributed by atoms with Crippen molar-refractivity contribution in [1.29, 1.82) is 0 Å². The third-order valence-electron chi connectivity index (χ3n) is 6.07. The predicted molar refractivity (Wildman–Crippen MR) is 95.4 cm³/mol. The Hall–Kier alpha value is -2.35. The third-order valence-corrected chi connectivity index (χ3v) is 7.82. The van der Waals surface area contributed by atoms with Crippen molar-refractivity contribution in [2.24, 2.45) is 0 Å². The lowest BCUT2D eigenvalue weighted by Crippen LogP contribution is -2.49. The topological polar surface area (TPSA) is 90.6 Å². The van der Waals surface area contributed by atoms with Crippen molar-refractivity contribution in [2.45, 2.75) is 31.3 Å². The molecule has 26 heavy (non-hydrogen) atoms. The van der Waals surface area contributed by atoms with E-state index in [0.29, 0.717) is 19.4 Å². The van der Waals surface area contributed by atoms with Crippen LogP contribution in [0.5, 0.6) is 0 Å². The van der Waals surface area contributed by atoms with Crippen LogP contribution in [0.4, 0.5) is 4.79 Å². The first-order chi connectivity index (χ1) is 12.3. The van der Waals surface area contributed by atoms with E-state index in [1.54, 1.807) is 11.8 Å². The molecule has 7 nitrogen and oxygen atoms in total. The van der Waals surface area contributed by atoms with E-state index in [1.165, 1.54) is 4.90 Å². The summed E-state index contributed by atoms with van der Waals surface area (Å²) in [6, 6.07) is 6.94. The number of nitrogens with zero attached hydrogens (tertiary/aromatic N) is 2. The number of nitrogens with one attached hydrogen (secondary N) is 1. The van der Waals surface area contributed by atoms with Crippen LogP contribution in [0.15, 0.2) is 24.3 Å². The number of hydrogen-bond donors (Lipinski definition) is 1. The molecule has 0 aliphatic carbocycles. The van der Waals surface area contributed by atoms with Crippen LogP contribution in [-0.4, -0.2) is 59.2 Å². The quantitative estimate of drug-likeness (QED) is 0.765. The number of hydrogen-bond acceptors (Lipinski definition) is 4. The zero-order valence-corrected chi connectivity index (χ0v) is 15.2. The SMILES string of the molecule is C[C@]12C(=O)N(C3CCS(=O)(=O)C3)C(=O)N1CCc1c2[nH]c2ccccc12. The molecule has 3 aliphatic heterocycles. The number of benzene rings is 1. The number of sulfone groups is 1. The molecule has 0 radical (unpaired) electrons. The maximum Gasteiger partial charge on any atom is 0.328 e. The molecular formula is C18H19N3O4S. The first kappa shape index (κ1) is 15.9. The molecule has 136 valence electrons. The Morgan fingerprint density at radius 1 is 1.23 bits per heavy atom. The van der Waals surface area contributed by atoms with Crippen LogP contribution in [0.3, 0.4) is 0 Å². The normalized spacial score (nSPS) is 30.1. The number of urea groups is 1. The number of para-hydroxylation sites is 1. The molecule has 8 heteroatoms. The second-order valence-corrected chi connectivity index (χ2v) is 9.74. The van der Waals surface area contributed by atoms with E-state index in [0.717, 1.165) is 22.2 Å². The second-order valence-electron chi connectivity index (χ2n) is 7.51. The van der Waals surface area contributed by atoms with Crippen molar-refractivity contribution >= 4 is 32.7 Å². The van der Waals surface area contributed by atoms with Crippen LogP contribution >= 0.6 is 0 Å². The number of amides is 3. The lowest BCUT2D eigenvalue weighted by Gasteiger charge is -2.36. The standard InChI is InChI=1S/C18H19N3O4S/c1-18-15-13(12-4-2-3-5-14(12)19-15)6-8-20(18)17(23)21(16(18)22)11-7-9-26(24,25)10-11/h2-5,11,19H,6-10H2,1H3/t11?,18-/m0/s1. The maximum atomic E-state index is 13.4. The summed E-state index contributed by atoms with van der Waals surface area (Å²) in [5.74, 6) is -0.422. The molecule has 2 saturated heterocycles. The van der Waals surface area contributed by atoms with Gasteiger partial charge in [-0.3, -0.25) is 9.69 Å². The fourth-order valence-electron chi connectivity index (χ4n) is 4.72. The number of carbonyl (C=O) groups is 2. The highest BCUT2D eigenvalue weighted by atomic mass is 32.2. The van der Waals surface area contributed by atoms with Crippen molar-refractivity contribution in [2.75, 3.05) is 18.1 Å². The zero-order chi connectivity index (χ0) is 18.3. The summed E-state index contributed by atoms with van der Waals surface area (Å²) in [6.07, 6.45) is 0.994. The molecular weight excluding hydrogens is 354 g/mol. The number of rotatable bonds is 1. The van der Waals surface area contributed by atoms with Crippen molar-refractivity contribution in [3.8, 4) is 0 Å². The molecule has 4 heterocycles. The summed E-state index contributed by atoms with van der Waals surface area (Å²) in [7, 11) is -3.19. The van der Waals surface area contributed by atoms with Crippen molar-refractivity contribution < 1.29 is 18.0 Å². The largest absolute Gasteiger partial charge is 0.356 e. The third kappa shape index (κ3) is 1.85. The summed E-state index contributed by atoms with van der Waals surface area (Å²) in [6.45, 7) is 2.22. The first-order valence-corrected chi connectivity index (χ1v) is 10.6. The fourth-order valence-corrected chi connectivity index (χ4v) is 6.42. The second kappa shape index (κ2) is 4.88. The van der Waals surface area contributed by atoms with Gasteiger partial charge in [-0.25, -0.2) is 13.2 Å². The van der Waals surface area contributed by atoms with E-state index >= 15 is 0 Å². The van der Waals surface area contributed by atoms with Crippen molar-refractivity contribution in [1.82, 2.24) is 14.8 Å². The molecule has 1 unspecified atom stereocenters. The number of carbonyl (C=O) groups excluding carboxylic acids is 2. The molecule has 1 N–H and O–H groups in total. The van der Waals surface area contributed by atoms with Gasteiger partial charge in [-0.1, -0.05) is 18.2 Å². The van der Waals surface area contributed by atoms with Crippen LogP contribution in [0, 0.1) is 0 Å². The first-order valence-electron chi connectivity index (χ1n) is 8.79. The van der Waals surface area contributed by atoms with Gasteiger partial charge in [0, 0.05) is 17.4 Å². The minimum atomic E-state index is -3.19. The van der Waals surface area contributed by atoms with E-state index in [-0.39, 0.29) is 23.4 Å². The lowest BCUT2D eigenvalue weighted by molar-refractivity contribution is -0.134. The van der Waals surface area contributed by atoms with E-state index in [9.17, 15) is 18.0 Å². The number of imide groups is 1. The summed E-state index contributed by atoms with van der Waals surface area (Å²) in [5, 5.41) is 1.07.